The first-order valence-corrected chi connectivity index (χ1v) is 6.24. The van der Waals surface area contributed by atoms with Gasteiger partial charge in [-0.1, -0.05) is 19.9 Å². The maximum atomic E-state index is 11.5. The highest BCUT2D eigenvalue weighted by Gasteiger charge is 2.05. The van der Waals surface area contributed by atoms with Crippen LogP contribution in [0.4, 0.5) is 5.69 Å². The van der Waals surface area contributed by atoms with Crippen molar-refractivity contribution >= 4 is 11.6 Å². The molecule has 0 aliphatic heterocycles. The minimum atomic E-state index is -0.115. The van der Waals surface area contributed by atoms with Crippen molar-refractivity contribution in [3.63, 3.8) is 0 Å². The molecule has 0 saturated heterocycles. The van der Waals surface area contributed by atoms with Gasteiger partial charge in [-0.2, -0.15) is 0 Å². The number of ether oxygens (including phenoxy) is 1. The van der Waals surface area contributed by atoms with Crippen LogP contribution in [0.1, 0.15) is 25.8 Å². The fraction of sp³-hybridized carbons (Fsp3) is 0.500. The summed E-state index contributed by atoms with van der Waals surface area (Å²) >= 11 is 0. The van der Waals surface area contributed by atoms with E-state index in [0.717, 1.165) is 12.0 Å². The van der Waals surface area contributed by atoms with Crippen molar-refractivity contribution in [1.29, 1.82) is 0 Å². The van der Waals surface area contributed by atoms with E-state index in [9.17, 15) is 4.79 Å². The summed E-state index contributed by atoms with van der Waals surface area (Å²) in [5.41, 5.74) is 7.42. The van der Waals surface area contributed by atoms with E-state index in [-0.39, 0.29) is 12.5 Å². The molecule has 1 amide bonds. The lowest BCUT2D eigenvalue weighted by molar-refractivity contribution is -0.123. The lowest BCUT2D eigenvalue weighted by Crippen LogP contribution is -2.30. The van der Waals surface area contributed by atoms with Crippen LogP contribution >= 0.6 is 0 Å². The largest absolute Gasteiger partial charge is 0.482 e. The summed E-state index contributed by atoms with van der Waals surface area (Å²) in [7, 11) is 0. The van der Waals surface area contributed by atoms with E-state index in [1.54, 1.807) is 6.07 Å². The summed E-state index contributed by atoms with van der Waals surface area (Å²) < 4.78 is 5.37. The van der Waals surface area contributed by atoms with Gasteiger partial charge in [-0.15, -0.1) is 0 Å². The molecule has 18 heavy (non-hydrogen) atoms. The lowest BCUT2D eigenvalue weighted by Gasteiger charge is -2.10. The van der Waals surface area contributed by atoms with Gasteiger partial charge in [-0.25, -0.2) is 0 Å². The molecule has 0 saturated carbocycles. The van der Waals surface area contributed by atoms with Crippen LogP contribution in [0, 0.1) is 12.8 Å². The smallest absolute Gasteiger partial charge is 0.257 e. The number of rotatable bonds is 6. The molecule has 0 unspecified atom stereocenters. The van der Waals surface area contributed by atoms with E-state index in [1.807, 2.05) is 19.1 Å². The van der Waals surface area contributed by atoms with Crippen LogP contribution in [0.15, 0.2) is 18.2 Å². The van der Waals surface area contributed by atoms with Crippen molar-refractivity contribution < 1.29 is 9.53 Å². The van der Waals surface area contributed by atoms with E-state index in [0.29, 0.717) is 23.9 Å². The second kappa shape index (κ2) is 6.89. The van der Waals surface area contributed by atoms with Crippen LogP contribution < -0.4 is 15.8 Å². The van der Waals surface area contributed by atoms with Crippen LogP contribution in [-0.2, 0) is 4.79 Å². The van der Waals surface area contributed by atoms with Crippen LogP contribution in [0.2, 0.25) is 0 Å². The minimum Gasteiger partial charge on any atom is -0.482 e. The Kier molecular flexibility index (Phi) is 5.49. The number of aryl methyl sites for hydroxylation is 1. The zero-order valence-electron chi connectivity index (χ0n) is 11.3. The van der Waals surface area contributed by atoms with E-state index in [1.165, 1.54) is 0 Å². The topological polar surface area (TPSA) is 64.3 Å². The van der Waals surface area contributed by atoms with Crippen LogP contribution in [0.25, 0.3) is 0 Å². The van der Waals surface area contributed by atoms with E-state index in [2.05, 4.69) is 19.2 Å². The third kappa shape index (κ3) is 5.08. The van der Waals surface area contributed by atoms with Crippen molar-refractivity contribution in [2.24, 2.45) is 5.92 Å². The Hall–Kier alpha value is -1.71. The van der Waals surface area contributed by atoms with Gasteiger partial charge < -0.3 is 15.8 Å². The standard InChI is InChI=1S/C14H22N2O2/c1-10(2)6-7-16-14(17)9-18-13-5-4-11(3)8-12(13)15/h4-5,8,10H,6-7,9,15H2,1-3H3,(H,16,17). The van der Waals surface area contributed by atoms with Gasteiger partial charge >= 0.3 is 0 Å². The highest BCUT2D eigenvalue weighted by atomic mass is 16.5. The average Bonchev–Trinajstić information content (AvgIpc) is 2.27. The fourth-order valence-corrected chi connectivity index (χ4v) is 1.49. The van der Waals surface area contributed by atoms with Crippen molar-refractivity contribution in [1.82, 2.24) is 5.32 Å². The summed E-state index contributed by atoms with van der Waals surface area (Å²) in [4.78, 5) is 11.5. The number of carbonyl (C=O) groups excluding carboxylic acids is 1. The van der Waals surface area contributed by atoms with Crippen molar-refractivity contribution in [2.45, 2.75) is 27.2 Å². The van der Waals surface area contributed by atoms with Gasteiger partial charge in [0.2, 0.25) is 0 Å². The molecule has 0 atom stereocenters. The maximum Gasteiger partial charge on any atom is 0.257 e. The molecule has 0 aromatic heterocycles. The zero-order valence-corrected chi connectivity index (χ0v) is 11.3. The number of hydrogen-bond acceptors (Lipinski definition) is 3. The predicted octanol–water partition coefficient (Wildman–Crippen LogP) is 2.12. The summed E-state index contributed by atoms with van der Waals surface area (Å²) in [5, 5.41) is 2.81. The quantitative estimate of drug-likeness (QED) is 0.760. The number of nitrogens with two attached hydrogens (primary N) is 1. The summed E-state index contributed by atoms with van der Waals surface area (Å²) in [6.07, 6.45) is 0.971. The maximum absolute atomic E-state index is 11.5. The normalized spacial score (nSPS) is 10.4. The Morgan fingerprint density at radius 3 is 2.78 bits per heavy atom. The molecule has 0 radical (unpaired) electrons. The molecule has 0 aliphatic carbocycles. The van der Waals surface area contributed by atoms with E-state index in [4.69, 9.17) is 10.5 Å². The van der Waals surface area contributed by atoms with Crippen molar-refractivity contribution in [3.8, 4) is 5.75 Å². The predicted molar refractivity (Wildman–Crippen MR) is 73.6 cm³/mol. The van der Waals surface area contributed by atoms with Gasteiger partial charge in [-0.05, 0) is 37.0 Å². The SMILES string of the molecule is Cc1ccc(OCC(=O)NCCC(C)C)c(N)c1. The van der Waals surface area contributed by atoms with Crippen LogP contribution in [0.3, 0.4) is 0 Å². The van der Waals surface area contributed by atoms with E-state index >= 15 is 0 Å². The minimum absolute atomic E-state index is 0.00531. The number of hydrogen-bond donors (Lipinski definition) is 2. The Bertz CT molecular complexity index is 403. The van der Waals surface area contributed by atoms with Crippen molar-refractivity contribution in [2.75, 3.05) is 18.9 Å². The summed E-state index contributed by atoms with van der Waals surface area (Å²) in [5.74, 6) is 1.02. The average molecular weight is 250 g/mol. The number of nitrogens with one attached hydrogen (secondary N) is 1. The fourth-order valence-electron chi connectivity index (χ4n) is 1.49. The third-order valence-corrected chi connectivity index (χ3v) is 2.57. The summed E-state index contributed by atoms with van der Waals surface area (Å²) in [6, 6.07) is 5.51. The van der Waals surface area contributed by atoms with Gasteiger partial charge in [0.25, 0.3) is 5.91 Å². The van der Waals surface area contributed by atoms with Gasteiger partial charge in [0.05, 0.1) is 5.69 Å². The number of nitrogen functional groups attached to an aromatic ring is 1. The molecular formula is C14H22N2O2. The first-order valence-electron chi connectivity index (χ1n) is 6.24. The van der Waals surface area contributed by atoms with Crippen LogP contribution in [-0.4, -0.2) is 19.1 Å². The molecule has 3 N–H and O–H groups in total. The molecule has 4 nitrogen and oxygen atoms in total. The molecule has 1 rings (SSSR count). The first-order chi connectivity index (χ1) is 8.49. The number of carbonyl (C=O) groups is 1. The summed E-state index contributed by atoms with van der Waals surface area (Å²) in [6.45, 7) is 6.89. The Morgan fingerprint density at radius 2 is 2.17 bits per heavy atom. The molecule has 100 valence electrons. The Labute approximate surface area is 109 Å². The first kappa shape index (κ1) is 14.4. The molecule has 0 bridgehead atoms. The molecule has 1 aromatic carbocycles. The van der Waals surface area contributed by atoms with Crippen LogP contribution in [0.5, 0.6) is 5.75 Å². The third-order valence-electron chi connectivity index (χ3n) is 2.57. The number of anilines is 1. The molecule has 0 heterocycles. The van der Waals surface area contributed by atoms with Gasteiger partial charge in [-0.3, -0.25) is 4.79 Å². The Morgan fingerprint density at radius 1 is 1.44 bits per heavy atom. The Balaban J connectivity index is 2.33. The number of benzene rings is 1. The van der Waals surface area contributed by atoms with Gasteiger partial charge in [0.15, 0.2) is 6.61 Å². The van der Waals surface area contributed by atoms with Crippen molar-refractivity contribution in [3.05, 3.63) is 23.8 Å². The second-order valence-corrected chi connectivity index (χ2v) is 4.86. The zero-order chi connectivity index (χ0) is 13.5. The van der Waals surface area contributed by atoms with E-state index < -0.39 is 0 Å². The second-order valence-electron chi connectivity index (χ2n) is 4.86. The highest BCUT2D eigenvalue weighted by Crippen LogP contribution is 2.21. The molecule has 0 aliphatic rings. The van der Waals surface area contributed by atoms with Gasteiger partial charge in [0, 0.05) is 6.54 Å². The monoisotopic (exact) mass is 250 g/mol. The number of amides is 1. The molecule has 0 spiro atoms. The highest BCUT2D eigenvalue weighted by molar-refractivity contribution is 5.77. The molecule has 0 fully saturated rings. The lowest BCUT2D eigenvalue weighted by atomic mass is 10.1. The van der Waals surface area contributed by atoms with Gasteiger partial charge in [0.1, 0.15) is 5.75 Å². The molecule has 4 heteroatoms. The molecule has 1 aromatic rings. The molecular weight excluding hydrogens is 228 g/mol.